The Morgan fingerprint density at radius 2 is 1.67 bits per heavy atom. The highest BCUT2D eigenvalue weighted by atomic mass is 16.7. The second-order valence-corrected chi connectivity index (χ2v) is 6.56. The van der Waals surface area contributed by atoms with Gasteiger partial charge in [0.15, 0.2) is 24.4 Å². The lowest BCUT2D eigenvalue weighted by atomic mass is 9.97. The summed E-state index contributed by atoms with van der Waals surface area (Å²) in [5, 5.41) is 9.47. The van der Waals surface area contributed by atoms with Crippen LogP contribution in [-0.4, -0.2) is 60.9 Å². The normalized spacial score (nSPS) is 22.7. The van der Waals surface area contributed by atoms with Crippen LogP contribution in [0.3, 0.4) is 0 Å². The Hall–Kier alpha value is -4.32. The number of nitrogens with zero attached hydrogens (tertiary/aromatic N) is 4. The molecule has 0 aliphatic carbocycles. The van der Waals surface area contributed by atoms with Crippen molar-refractivity contribution in [3.05, 3.63) is 40.8 Å². The molecular weight excluding hydrogens is 442 g/mol. The van der Waals surface area contributed by atoms with Crippen molar-refractivity contribution in [2.75, 3.05) is 11.9 Å². The van der Waals surface area contributed by atoms with Crippen LogP contribution in [0.5, 0.6) is 0 Å². The largest absolute Gasteiger partial charge is 0.467 e. The molecular formula is C19H21N5O9. The Balaban J connectivity index is 2.35. The van der Waals surface area contributed by atoms with Gasteiger partial charge in [-0.15, -0.1) is 0 Å². The number of para-hydroxylation sites is 1. The van der Waals surface area contributed by atoms with Crippen molar-refractivity contribution in [2.45, 2.75) is 45.1 Å². The van der Waals surface area contributed by atoms with Crippen molar-refractivity contribution in [3.63, 3.8) is 0 Å². The van der Waals surface area contributed by atoms with Gasteiger partial charge in [-0.1, -0.05) is 23.3 Å². The molecule has 2 rings (SSSR count). The molecule has 1 heterocycles. The average Bonchev–Trinajstić information content (AvgIpc) is 2.74. The standard InChI is InChI=1S/C19H21N5O9/c1-10(25)29-9-14-16(30-11(2)26)17(31-12(3)27)15(22-24-20)18(32-14)23-33-19(28)21-13-7-5-4-6-8-13/h4-8,14-17H,9H2,1-3H3,(H,21,28)/b23-18-/t14-,15-,16-,17-/m1/s1. The number of carbonyl (C=O) groups is 4. The van der Waals surface area contributed by atoms with Gasteiger partial charge in [-0.05, 0) is 22.8 Å². The molecule has 0 saturated carbocycles. The summed E-state index contributed by atoms with van der Waals surface area (Å²) in [4.78, 5) is 54.1. The number of hydrogen-bond donors (Lipinski definition) is 1. The zero-order chi connectivity index (χ0) is 24.4. The highest BCUT2D eigenvalue weighted by Crippen LogP contribution is 2.27. The maximum atomic E-state index is 12.1. The van der Waals surface area contributed by atoms with Crippen LogP contribution in [-0.2, 0) is 38.2 Å². The fraction of sp³-hybridized carbons (Fsp3) is 0.421. The fourth-order valence-corrected chi connectivity index (χ4v) is 2.80. The zero-order valence-corrected chi connectivity index (χ0v) is 17.9. The second-order valence-electron chi connectivity index (χ2n) is 6.56. The monoisotopic (exact) mass is 463 g/mol. The third-order valence-corrected chi connectivity index (χ3v) is 4.00. The topological polar surface area (TPSA) is 188 Å². The Labute approximate surface area is 187 Å². The molecule has 14 heteroatoms. The molecule has 4 atom stereocenters. The van der Waals surface area contributed by atoms with Gasteiger partial charge in [0.25, 0.3) is 0 Å². The molecule has 14 nitrogen and oxygen atoms in total. The van der Waals surface area contributed by atoms with Crippen molar-refractivity contribution < 1.29 is 43.0 Å². The number of amides is 1. The van der Waals surface area contributed by atoms with Gasteiger partial charge in [-0.3, -0.25) is 24.5 Å². The molecule has 0 bridgehead atoms. The number of hydrogen-bond acceptors (Lipinski definition) is 11. The summed E-state index contributed by atoms with van der Waals surface area (Å²) in [6.07, 6.45) is -4.99. The van der Waals surface area contributed by atoms with Gasteiger partial charge in [0.1, 0.15) is 6.61 Å². The molecule has 0 spiro atoms. The zero-order valence-electron chi connectivity index (χ0n) is 17.9. The minimum absolute atomic E-state index is 0.416. The second kappa shape index (κ2) is 11.9. The fourth-order valence-electron chi connectivity index (χ4n) is 2.80. The predicted octanol–water partition coefficient (Wildman–Crippen LogP) is 2.05. The van der Waals surface area contributed by atoms with E-state index in [2.05, 4.69) is 20.5 Å². The number of esters is 3. The van der Waals surface area contributed by atoms with E-state index in [-0.39, 0.29) is 0 Å². The van der Waals surface area contributed by atoms with Gasteiger partial charge >= 0.3 is 24.0 Å². The maximum absolute atomic E-state index is 12.1. The van der Waals surface area contributed by atoms with Crippen molar-refractivity contribution in [1.29, 1.82) is 0 Å². The van der Waals surface area contributed by atoms with E-state index in [0.29, 0.717) is 5.69 Å². The van der Waals surface area contributed by atoms with Crippen LogP contribution in [0.1, 0.15) is 20.8 Å². The van der Waals surface area contributed by atoms with Gasteiger partial charge in [0, 0.05) is 31.4 Å². The molecule has 1 amide bonds. The van der Waals surface area contributed by atoms with Gasteiger partial charge in [-0.25, -0.2) is 4.79 Å². The Morgan fingerprint density at radius 1 is 1.03 bits per heavy atom. The van der Waals surface area contributed by atoms with Gasteiger partial charge in [0.05, 0.1) is 0 Å². The molecule has 0 radical (unpaired) electrons. The smallest absolute Gasteiger partial charge is 0.437 e. The summed E-state index contributed by atoms with van der Waals surface area (Å²) in [6, 6.07) is 6.84. The van der Waals surface area contributed by atoms with E-state index in [1.54, 1.807) is 30.3 Å². The predicted molar refractivity (Wildman–Crippen MR) is 110 cm³/mol. The Morgan fingerprint density at radius 3 is 2.24 bits per heavy atom. The Bertz CT molecular complexity index is 962. The average molecular weight is 463 g/mol. The number of nitrogens with one attached hydrogen (secondary N) is 1. The van der Waals surface area contributed by atoms with Crippen LogP contribution < -0.4 is 5.32 Å². The third-order valence-electron chi connectivity index (χ3n) is 4.00. The molecule has 0 unspecified atom stereocenters. The maximum Gasteiger partial charge on any atom is 0.437 e. The van der Waals surface area contributed by atoms with Crippen molar-refractivity contribution >= 4 is 35.6 Å². The minimum Gasteiger partial charge on any atom is -0.467 e. The molecule has 1 N–H and O–H groups in total. The molecule has 0 aromatic heterocycles. The van der Waals surface area contributed by atoms with Crippen LogP contribution in [0.25, 0.3) is 10.4 Å². The molecule has 1 aromatic carbocycles. The first-order valence-electron chi connectivity index (χ1n) is 9.50. The van der Waals surface area contributed by atoms with Gasteiger partial charge in [0.2, 0.25) is 5.90 Å². The lowest BCUT2D eigenvalue weighted by molar-refractivity contribution is -0.185. The number of benzene rings is 1. The number of ether oxygens (including phenoxy) is 4. The van der Waals surface area contributed by atoms with E-state index in [1.165, 1.54) is 0 Å². The van der Waals surface area contributed by atoms with E-state index in [0.717, 1.165) is 20.8 Å². The molecule has 1 aliphatic heterocycles. The van der Waals surface area contributed by atoms with Crippen molar-refractivity contribution in [3.8, 4) is 0 Å². The van der Waals surface area contributed by atoms with E-state index in [4.69, 9.17) is 29.3 Å². The third kappa shape index (κ3) is 7.70. The number of azide groups is 1. The van der Waals surface area contributed by atoms with E-state index in [9.17, 15) is 19.2 Å². The van der Waals surface area contributed by atoms with E-state index >= 15 is 0 Å². The molecule has 1 aliphatic rings. The van der Waals surface area contributed by atoms with E-state index in [1.807, 2.05) is 0 Å². The van der Waals surface area contributed by atoms with Crippen molar-refractivity contribution in [1.82, 2.24) is 0 Å². The number of anilines is 1. The summed E-state index contributed by atoms with van der Waals surface area (Å²) in [7, 11) is 0. The number of oxime groups is 1. The minimum atomic E-state index is -1.47. The van der Waals surface area contributed by atoms with Gasteiger partial charge < -0.3 is 18.9 Å². The molecule has 176 valence electrons. The highest BCUT2D eigenvalue weighted by molar-refractivity contribution is 5.87. The van der Waals surface area contributed by atoms with Crippen molar-refractivity contribution in [2.24, 2.45) is 10.3 Å². The van der Waals surface area contributed by atoms with Gasteiger partial charge in [-0.2, -0.15) is 0 Å². The molecule has 1 saturated heterocycles. The van der Waals surface area contributed by atoms with Crippen LogP contribution in [0.4, 0.5) is 10.5 Å². The lowest BCUT2D eigenvalue weighted by Gasteiger charge is -2.39. The SMILES string of the molecule is CC(=O)OC[C@H]1O/C(=N\OC(=O)Nc2ccccc2)[C@H](N=[N+]=[N-])[C@@H](OC(C)=O)[C@@H]1OC(C)=O. The van der Waals surface area contributed by atoms with Crippen LogP contribution >= 0.6 is 0 Å². The Kier molecular flexibility index (Phi) is 9.00. The summed E-state index contributed by atoms with van der Waals surface area (Å²) in [5.41, 5.74) is 9.40. The molecule has 1 aromatic rings. The first-order valence-corrected chi connectivity index (χ1v) is 9.50. The summed E-state index contributed by atoms with van der Waals surface area (Å²) in [5.74, 6) is -2.71. The summed E-state index contributed by atoms with van der Waals surface area (Å²) < 4.78 is 20.9. The van der Waals surface area contributed by atoms with Crippen LogP contribution in [0.2, 0.25) is 0 Å². The number of rotatable bonds is 7. The lowest BCUT2D eigenvalue weighted by Crippen LogP contribution is -2.59. The van der Waals surface area contributed by atoms with E-state index < -0.39 is 60.9 Å². The van der Waals surface area contributed by atoms with Crippen LogP contribution in [0.15, 0.2) is 40.6 Å². The summed E-state index contributed by atoms with van der Waals surface area (Å²) >= 11 is 0. The quantitative estimate of drug-likeness (QED) is 0.120. The first kappa shape index (κ1) is 24.9. The number of carbonyl (C=O) groups excluding carboxylic acids is 4. The summed E-state index contributed by atoms with van der Waals surface area (Å²) in [6.45, 7) is 2.87. The highest BCUT2D eigenvalue weighted by Gasteiger charge is 2.50. The molecule has 33 heavy (non-hydrogen) atoms. The van der Waals surface area contributed by atoms with Crippen LogP contribution in [0, 0.1) is 0 Å². The molecule has 1 fully saturated rings. The first-order chi connectivity index (χ1) is 15.7.